The van der Waals surface area contributed by atoms with Gasteiger partial charge in [-0.1, -0.05) is 52.3 Å². The molecule has 3 aromatic carbocycles. The molecule has 9 heteroatoms. The van der Waals surface area contributed by atoms with Crippen molar-refractivity contribution >= 4 is 35.1 Å². The monoisotopic (exact) mass is 667 g/mol. The smallest absolute Gasteiger partial charge is 0.251 e. The van der Waals surface area contributed by atoms with Gasteiger partial charge in [0.15, 0.2) is 0 Å². The molecule has 2 heterocycles. The van der Waals surface area contributed by atoms with E-state index in [0.717, 1.165) is 101 Å². The van der Waals surface area contributed by atoms with Gasteiger partial charge in [-0.25, -0.2) is 0 Å². The van der Waals surface area contributed by atoms with Gasteiger partial charge in [-0.3, -0.25) is 4.79 Å². The second kappa shape index (κ2) is 17.9. The highest BCUT2D eigenvalue weighted by atomic mass is 32.2. The van der Waals surface area contributed by atoms with Crippen molar-refractivity contribution in [2.75, 3.05) is 43.1 Å². The Labute approximate surface area is 289 Å². The third-order valence-corrected chi connectivity index (χ3v) is 9.21. The van der Waals surface area contributed by atoms with Crippen molar-refractivity contribution in [1.82, 2.24) is 14.8 Å². The summed E-state index contributed by atoms with van der Waals surface area (Å²) in [4.78, 5) is 17.1. The maximum Gasteiger partial charge on any atom is 0.251 e. The van der Waals surface area contributed by atoms with E-state index >= 15 is 0 Å². The Morgan fingerprint density at radius 2 is 1.75 bits per heavy atom. The van der Waals surface area contributed by atoms with Crippen LogP contribution in [0.1, 0.15) is 64.8 Å². The first-order valence-corrected chi connectivity index (χ1v) is 18.2. The van der Waals surface area contributed by atoms with E-state index in [2.05, 4.69) is 89.1 Å². The van der Waals surface area contributed by atoms with Crippen molar-refractivity contribution in [3.8, 4) is 16.9 Å². The molecule has 4 aromatic rings. The van der Waals surface area contributed by atoms with Crippen molar-refractivity contribution in [1.29, 1.82) is 0 Å². The second-order valence-electron chi connectivity index (χ2n) is 12.6. The number of hydrogen-bond donors (Lipinski definition) is 1. The van der Waals surface area contributed by atoms with Crippen molar-refractivity contribution in [2.24, 2.45) is 5.92 Å². The molecule has 1 N–H and O–H groups in total. The van der Waals surface area contributed by atoms with E-state index < -0.39 is 0 Å². The number of nitrogens with one attached hydrogen (secondary N) is 1. The Morgan fingerprint density at radius 1 is 0.958 bits per heavy atom. The standard InChI is InChI=1S/C39H49N5O3S/c1-5-7-21-46-22-23-47-35-13-8-30(9-14-35)31-10-17-37-33(24-31)25-32(18-20-43(37)19-6-2)39(45)41-34-11-15-36(16-12-34)48-27-38-42-40-28-44(38)26-29(3)4/h8-17,24-25,28-29H,5-7,18-23,26-27H2,1-4H3,(H,41,45). The van der Waals surface area contributed by atoms with Gasteiger partial charge in [0.05, 0.1) is 12.4 Å². The minimum atomic E-state index is -0.0629. The summed E-state index contributed by atoms with van der Waals surface area (Å²) >= 11 is 1.72. The summed E-state index contributed by atoms with van der Waals surface area (Å²) in [5.74, 6) is 3.01. The van der Waals surface area contributed by atoms with E-state index in [-0.39, 0.29) is 5.91 Å². The predicted molar refractivity (Wildman–Crippen MR) is 198 cm³/mol. The molecular formula is C39H49N5O3S. The normalized spacial score (nSPS) is 12.9. The largest absolute Gasteiger partial charge is 0.491 e. The number of anilines is 2. The van der Waals surface area contributed by atoms with Crippen molar-refractivity contribution < 1.29 is 14.3 Å². The van der Waals surface area contributed by atoms with Crippen LogP contribution in [0.5, 0.6) is 5.75 Å². The average Bonchev–Trinajstić information content (AvgIpc) is 3.44. The number of aromatic nitrogens is 3. The number of amides is 1. The number of rotatable bonds is 17. The summed E-state index contributed by atoms with van der Waals surface area (Å²) in [6, 6.07) is 22.8. The van der Waals surface area contributed by atoms with Crippen LogP contribution in [0.3, 0.4) is 0 Å². The van der Waals surface area contributed by atoms with Crippen LogP contribution in [0.2, 0.25) is 0 Å². The Balaban J connectivity index is 1.24. The Kier molecular flexibility index (Phi) is 13.1. The molecule has 1 aromatic heterocycles. The molecule has 5 rings (SSSR count). The van der Waals surface area contributed by atoms with E-state index in [9.17, 15) is 4.79 Å². The fraction of sp³-hybridized carbons (Fsp3) is 0.410. The minimum Gasteiger partial charge on any atom is -0.491 e. The highest BCUT2D eigenvalue weighted by molar-refractivity contribution is 7.98. The molecule has 48 heavy (non-hydrogen) atoms. The molecule has 0 saturated carbocycles. The lowest BCUT2D eigenvalue weighted by Gasteiger charge is -2.25. The molecular weight excluding hydrogens is 619 g/mol. The van der Waals surface area contributed by atoms with Gasteiger partial charge in [0.2, 0.25) is 0 Å². The summed E-state index contributed by atoms with van der Waals surface area (Å²) in [5, 5.41) is 11.5. The molecule has 254 valence electrons. The number of carbonyl (C=O) groups excluding carboxylic acids is 1. The van der Waals surface area contributed by atoms with Crippen LogP contribution in [0.4, 0.5) is 11.4 Å². The first kappa shape index (κ1) is 35.2. The molecule has 8 nitrogen and oxygen atoms in total. The van der Waals surface area contributed by atoms with Gasteiger partial charge in [-0.05, 0) is 96.5 Å². The maximum absolute atomic E-state index is 13.6. The number of benzene rings is 3. The second-order valence-corrected chi connectivity index (χ2v) is 13.6. The minimum absolute atomic E-state index is 0.0629. The molecule has 0 radical (unpaired) electrons. The van der Waals surface area contributed by atoms with Crippen LogP contribution in [-0.4, -0.2) is 53.6 Å². The molecule has 0 atom stereocenters. The van der Waals surface area contributed by atoms with Gasteiger partial charge in [-0.15, -0.1) is 22.0 Å². The highest BCUT2D eigenvalue weighted by Crippen LogP contribution is 2.33. The Hall–Kier alpha value is -4.08. The van der Waals surface area contributed by atoms with Crippen LogP contribution in [-0.2, 0) is 21.8 Å². The Bertz CT molecular complexity index is 1630. The van der Waals surface area contributed by atoms with Gasteiger partial charge in [0, 0.05) is 48.1 Å². The molecule has 0 saturated heterocycles. The maximum atomic E-state index is 13.6. The fourth-order valence-corrected chi connectivity index (χ4v) is 6.54. The molecule has 1 amide bonds. The summed E-state index contributed by atoms with van der Waals surface area (Å²) in [5.41, 5.74) is 6.00. The van der Waals surface area contributed by atoms with E-state index in [4.69, 9.17) is 9.47 Å². The predicted octanol–water partition coefficient (Wildman–Crippen LogP) is 8.73. The molecule has 0 bridgehead atoms. The van der Waals surface area contributed by atoms with Crippen LogP contribution in [0.25, 0.3) is 17.2 Å². The highest BCUT2D eigenvalue weighted by Gasteiger charge is 2.20. The molecule has 0 spiro atoms. The van der Waals surface area contributed by atoms with E-state index in [1.807, 2.05) is 36.4 Å². The van der Waals surface area contributed by atoms with E-state index in [0.29, 0.717) is 25.6 Å². The zero-order valence-corrected chi connectivity index (χ0v) is 29.6. The lowest BCUT2D eigenvalue weighted by molar-refractivity contribution is -0.112. The van der Waals surface area contributed by atoms with Gasteiger partial charge in [0.25, 0.3) is 5.91 Å². The molecule has 0 aliphatic carbocycles. The number of hydrogen-bond acceptors (Lipinski definition) is 7. The number of unbranched alkanes of at least 4 members (excludes halogenated alkanes) is 1. The summed E-state index contributed by atoms with van der Waals surface area (Å²) in [6.45, 7) is 13.3. The van der Waals surface area contributed by atoms with Gasteiger partial charge in [0.1, 0.15) is 24.5 Å². The first-order chi connectivity index (χ1) is 23.4. The zero-order valence-electron chi connectivity index (χ0n) is 28.8. The third kappa shape index (κ3) is 9.97. The molecule has 0 fully saturated rings. The fourth-order valence-electron chi connectivity index (χ4n) is 5.70. The number of carbonyl (C=O) groups is 1. The molecule has 1 aliphatic heterocycles. The number of fused-ring (bicyclic) bond motifs is 1. The first-order valence-electron chi connectivity index (χ1n) is 17.2. The summed E-state index contributed by atoms with van der Waals surface area (Å²) in [6.07, 6.45) is 7.79. The Morgan fingerprint density at radius 3 is 2.50 bits per heavy atom. The van der Waals surface area contributed by atoms with Gasteiger partial charge in [-0.2, -0.15) is 0 Å². The van der Waals surface area contributed by atoms with Crippen LogP contribution < -0.4 is 15.0 Å². The summed E-state index contributed by atoms with van der Waals surface area (Å²) < 4.78 is 13.6. The third-order valence-electron chi connectivity index (χ3n) is 8.20. The van der Waals surface area contributed by atoms with Crippen LogP contribution >= 0.6 is 11.8 Å². The van der Waals surface area contributed by atoms with Gasteiger partial charge >= 0.3 is 0 Å². The lowest BCUT2D eigenvalue weighted by Crippen LogP contribution is -2.26. The van der Waals surface area contributed by atoms with Crippen molar-refractivity contribution in [2.45, 2.75) is 70.6 Å². The summed E-state index contributed by atoms with van der Waals surface area (Å²) in [7, 11) is 0. The van der Waals surface area contributed by atoms with E-state index in [1.165, 1.54) is 0 Å². The van der Waals surface area contributed by atoms with Gasteiger partial charge < -0.3 is 24.3 Å². The average molecular weight is 668 g/mol. The van der Waals surface area contributed by atoms with Crippen LogP contribution in [0.15, 0.2) is 83.5 Å². The number of nitrogens with zero attached hydrogens (tertiary/aromatic N) is 4. The van der Waals surface area contributed by atoms with Crippen molar-refractivity contribution in [3.63, 3.8) is 0 Å². The quantitative estimate of drug-likeness (QED) is 0.0891. The van der Waals surface area contributed by atoms with E-state index in [1.54, 1.807) is 18.1 Å². The van der Waals surface area contributed by atoms with Crippen molar-refractivity contribution in [3.05, 3.63) is 90.0 Å². The topological polar surface area (TPSA) is 81.5 Å². The zero-order chi connectivity index (χ0) is 33.7. The van der Waals surface area contributed by atoms with Crippen LogP contribution in [0, 0.1) is 5.92 Å². The number of thioether (sulfide) groups is 1. The number of ether oxygens (including phenoxy) is 2. The lowest BCUT2D eigenvalue weighted by atomic mass is 10.00. The molecule has 1 aliphatic rings. The molecule has 0 unspecified atom stereocenters. The SMILES string of the molecule is CCCCOCCOc1ccc(-c2ccc3c(c2)C=C(C(=O)Nc2ccc(SCc4nncn4CC(C)C)cc2)CCN3CCC)cc1.